The van der Waals surface area contributed by atoms with Gasteiger partial charge in [0.2, 0.25) is 5.69 Å². The molecule has 0 unspecified atom stereocenters. The molecule has 0 N–H and O–H groups in total. The third-order valence-corrected chi connectivity index (χ3v) is 6.41. The van der Waals surface area contributed by atoms with Crippen LogP contribution in [0, 0.1) is 6.92 Å². The van der Waals surface area contributed by atoms with Crippen LogP contribution in [-0.4, -0.2) is 30.8 Å². The average Bonchev–Trinajstić information content (AvgIpc) is 2.85. The highest BCUT2D eigenvalue weighted by Crippen LogP contribution is 2.25. The minimum atomic E-state index is -4.38. The van der Waals surface area contributed by atoms with Gasteiger partial charge in [0.15, 0.2) is 5.75 Å². The molecule has 9 heteroatoms. The van der Waals surface area contributed by atoms with Crippen molar-refractivity contribution in [3.05, 3.63) is 107 Å². The molecule has 4 aromatic rings. The van der Waals surface area contributed by atoms with Gasteiger partial charge in [0.25, 0.3) is 5.56 Å². The van der Waals surface area contributed by atoms with E-state index in [0.29, 0.717) is 5.69 Å². The van der Waals surface area contributed by atoms with E-state index >= 15 is 0 Å². The molecule has 0 radical (unpaired) electrons. The zero-order chi connectivity index (χ0) is 25.0. The quantitative estimate of drug-likeness (QED) is 0.283. The number of aryl methyl sites for hydroxylation is 1. The zero-order valence-electron chi connectivity index (χ0n) is 19.0. The highest BCUT2D eigenvalue weighted by Gasteiger charge is 2.26. The molecule has 1 aromatic heterocycles. The Morgan fingerprint density at radius 1 is 0.914 bits per heavy atom. The van der Waals surface area contributed by atoms with Crippen molar-refractivity contribution >= 4 is 16.1 Å². The number of hydrogen-bond acceptors (Lipinski definition) is 7. The molecule has 0 aliphatic rings. The highest BCUT2D eigenvalue weighted by atomic mass is 32.2. The van der Waals surface area contributed by atoms with E-state index in [1.165, 1.54) is 12.1 Å². The Balaban J connectivity index is 1.73. The Bertz CT molecular complexity index is 1530. The first-order chi connectivity index (χ1) is 16.8. The molecule has 3 aromatic carbocycles. The maximum Gasteiger partial charge on any atom is 0.362 e. The molecule has 0 spiro atoms. The van der Waals surface area contributed by atoms with Crippen molar-refractivity contribution in [2.24, 2.45) is 0 Å². The second kappa shape index (κ2) is 9.94. The molecular formula is C26H22N2O6S. The molecule has 0 saturated heterocycles. The first-order valence-corrected chi connectivity index (χ1v) is 12.2. The fraction of sp³-hybridized carbons (Fsp3) is 0.115. The average molecular weight is 491 g/mol. The number of aromatic nitrogens is 2. The van der Waals surface area contributed by atoms with E-state index in [2.05, 4.69) is 5.10 Å². The van der Waals surface area contributed by atoms with Gasteiger partial charge in [0.1, 0.15) is 4.90 Å². The zero-order valence-corrected chi connectivity index (χ0v) is 19.9. The number of para-hydroxylation sites is 1. The van der Waals surface area contributed by atoms with E-state index in [4.69, 9.17) is 8.92 Å². The molecule has 178 valence electrons. The Kier molecular flexibility index (Phi) is 6.79. The lowest BCUT2D eigenvalue weighted by atomic mass is 10.1. The fourth-order valence-corrected chi connectivity index (χ4v) is 4.36. The number of ether oxygens (including phenoxy) is 1. The third-order valence-electron chi connectivity index (χ3n) is 5.16. The van der Waals surface area contributed by atoms with Gasteiger partial charge >= 0.3 is 16.1 Å². The molecule has 0 bridgehead atoms. The number of rotatable bonds is 7. The Morgan fingerprint density at radius 3 is 2.20 bits per heavy atom. The summed E-state index contributed by atoms with van der Waals surface area (Å²) in [6.07, 6.45) is 0. The first-order valence-electron chi connectivity index (χ1n) is 10.8. The van der Waals surface area contributed by atoms with Gasteiger partial charge in [-0.15, -0.1) is 0 Å². The molecule has 0 amide bonds. The number of benzene rings is 3. The van der Waals surface area contributed by atoms with Gasteiger partial charge in [-0.2, -0.15) is 18.2 Å². The second-order valence-corrected chi connectivity index (χ2v) is 9.09. The summed E-state index contributed by atoms with van der Waals surface area (Å²) < 4.78 is 37.2. The van der Waals surface area contributed by atoms with Crippen LogP contribution in [0.5, 0.6) is 5.75 Å². The first kappa shape index (κ1) is 23.9. The maximum atomic E-state index is 13.0. The summed E-state index contributed by atoms with van der Waals surface area (Å²) in [5.41, 5.74) is 1.81. The van der Waals surface area contributed by atoms with Crippen molar-refractivity contribution in [1.82, 2.24) is 9.78 Å². The van der Waals surface area contributed by atoms with Gasteiger partial charge in [0, 0.05) is 0 Å². The summed E-state index contributed by atoms with van der Waals surface area (Å²) in [6, 6.07) is 23.4. The second-order valence-electron chi connectivity index (χ2n) is 7.54. The molecular weight excluding hydrogens is 468 g/mol. The van der Waals surface area contributed by atoms with Crippen LogP contribution < -0.4 is 9.74 Å². The Labute approximate surface area is 202 Å². The summed E-state index contributed by atoms with van der Waals surface area (Å²) in [5.74, 6) is -1.43. The summed E-state index contributed by atoms with van der Waals surface area (Å²) in [7, 11) is -4.38. The van der Waals surface area contributed by atoms with Gasteiger partial charge in [0.05, 0.1) is 18.4 Å². The predicted molar refractivity (Wildman–Crippen MR) is 130 cm³/mol. The van der Waals surface area contributed by atoms with E-state index in [1.807, 2.05) is 30.3 Å². The highest BCUT2D eigenvalue weighted by molar-refractivity contribution is 7.87. The van der Waals surface area contributed by atoms with E-state index in [1.54, 1.807) is 50.2 Å². The largest absolute Gasteiger partial charge is 0.461 e. The van der Waals surface area contributed by atoms with Gasteiger partial charge in [-0.3, -0.25) is 4.79 Å². The minimum Gasteiger partial charge on any atom is -0.461 e. The Morgan fingerprint density at radius 2 is 1.54 bits per heavy atom. The molecule has 0 atom stereocenters. The summed E-state index contributed by atoms with van der Waals surface area (Å²) in [4.78, 5) is 25.3. The van der Waals surface area contributed by atoms with Gasteiger partial charge in [-0.05, 0) is 48.7 Å². The van der Waals surface area contributed by atoms with E-state index < -0.39 is 33.1 Å². The Hall–Kier alpha value is -4.24. The molecule has 35 heavy (non-hydrogen) atoms. The van der Waals surface area contributed by atoms with Crippen LogP contribution in [0.15, 0.2) is 94.6 Å². The standard InChI is InChI=1S/C26H22N2O6S/c1-3-33-26(30)25-23(17-24(29)28(27-25)22-12-8-7-9-18(22)2)34-35(31,32)21-15-13-20(14-16-21)19-10-5-4-6-11-19/h4-17H,3H2,1-2H3. The smallest absolute Gasteiger partial charge is 0.362 e. The monoisotopic (exact) mass is 490 g/mol. The maximum absolute atomic E-state index is 13.0. The molecule has 1 heterocycles. The van der Waals surface area contributed by atoms with Crippen molar-refractivity contribution in [3.8, 4) is 22.6 Å². The van der Waals surface area contributed by atoms with Gasteiger partial charge in [-0.25, -0.2) is 4.79 Å². The van der Waals surface area contributed by atoms with Crippen LogP contribution in [0.1, 0.15) is 23.0 Å². The van der Waals surface area contributed by atoms with Crippen LogP contribution in [-0.2, 0) is 14.9 Å². The van der Waals surface area contributed by atoms with Crippen molar-refractivity contribution in [1.29, 1.82) is 0 Å². The van der Waals surface area contributed by atoms with Crippen LogP contribution in [0.3, 0.4) is 0 Å². The molecule has 0 aliphatic carbocycles. The van der Waals surface area contributed by atoms with Crippen molar-refractivity contribution < 1.29 is 22.1 Å². The topological polar surface area (TPSA) is 105 Å². The molecule has 4 rings (SSSR count). The van der Waals surface area contributed by atoms with Crippen LogP contribution in [0.2, 0.25) is 0 Å². The molecule has 0 saturated carbocycles. The fourth-order valence-electron chi connectivity index (χ4n) is 3.43. The lowest BCUT2D eigenvalue weighted by Crippen LogP contribution is -2.26. The van der Waals surface area contributed by atoms with E-state index in [-0.39, 0.29) is 11.5 Å². The van der Waals surface area contributed by atoms with Crippen molar-refractivity contribution in [2.75, 3.05) is 6.61 Å². The number of hydrogen-bond donors (Lipinski definition) is 0. The summed E-state index contributed by atoms with van der Waals surface area (Å²) in [5, 5.41) is 4.09. The van der Waals surface area contributed by atoms with Crippen LogP contribution >= 0.6 is 0 Å². The van der Waals surface area contributed by atoms with Gasteiger partial charge < -0.3 is 8.92 Å². The normalized spacial score (nSPS) is 11.1. The molecule has 0 aliphatic heterocycles. The number of nitrogens with zero attached hydrogens (tertiary/aromatic N) is 2. The van der Waals surface area contributed by atoms with Crippen molar-refractivity contribution in [2.45, 2.75) is 18.7 Å². The summed E-state index contributed by atoms with van der Waals surface area (Å²) in [6.45, 7) is 3.40. The lowest BCUT2D eigenvalue weighted by Gasteiger charge is -2.13. The van der Waals surface area contributed by atoms with Crippen LogP contribution in [0.4, 0.5) is 0 Å². The minimum absolute atomic E-state index is 0.0249. The van der Waals surface area contributed by atoms with E-state index in [0.717, 1.165) is 27.4 Å². The summed E-state index contributed by atoms with van der Waals surface area (Å²) >= 11 is 0. The number of carbonyl (C=O) groups is 1. The van der Waals surface area contributed by atoms with Gasteiger partial charge in [-0.1, -0.05) is 60.7 Å². The SMILES string of the molecule is CCOC(=O)c1nn(-c2ccccc2C)c(=O)cc1OS(=O)(=O)c1ccc(-c2ccccc2)cc1. The predicted octanol–water partition coefficient (Wildman–Crippen LogP) is 4.15. The lowest BCUT2D eigenvalue weighted by molar-refractivity contribution is 0.0515. The molecule has 0 fully saturated rings. The number of esters is 1. The number of carbonyl (C=O) groups excluding carboxylic acids is 1. The van der Waals surface area contributed by atoms with Crippen molar-refractivity contribution in [3.63, 3.8) is 0 Å². The third kappa shape index (κ3) is 5.15. The van der Waals surface area contributed by atoms with Crippen LogP contribution in [0.25, 0.3) is 16.8 Å². The molecule has 8 nitrogen and oxygen atoms in total. The van der Waals surface area contributed by atoms with E-state index in [9.17, 15) is 18.0 Å².